The molecular weight excluding hydrogens is 496 g/mol. The van der Waals surface area contributed by atoms with Gasteiger partial charge in [0.1, 0.15) is 11.6 Å². The predicted octanol–water partition coefficient (Wildman–Crippen LogP) is 4.99. The van der Waals surface area contributed by atoms with E-state index in [2.05, 4.69) is 10.6 Å². The highest BCUT2D eigenvalue weighted by molar-refractivity contribution is 5.96. The van der Waals surface area contributed by atoms with Crippen LogP contribution in [-0.4, -0.2) is 47.5 Å². The Morgan fingerprint density at radius 2 is 1.08 bits per heavy atom. The van der Waals surface area contributed by atoms with Crippen LogP contribution in [0.1, 0.15) is 93.2 Å². The molecule has 0 aliphatic carbocycles. The molecule has 2 rings (SSSR count). The summed E-state index contributed by atoms with van der Waals surface area (Å²) >= 11 is 0. The number of hydrogen-bond acceptors (Lipinski definition) is 6. The van der Waals surface area contributed by atoms with Crippen LogP contribution >= 0.6 is 0 Å². The van der Waals surface area contributed by atoms with Crippen molar-refractivity contribution in [1.29, 1.82) is 0 Å². The highest BCUT2D eigenvalue weighted by atomic mass is 16.2. The molecule has 0 aromatic heterocycles. The van der Waals surface area contributed by atoms with Gasteiger partial charge in [0.05, 0.1) is 12.6 Å². The van der Waals surface area contributed by atoms with Crippen molar-refractivity contribution in [2.24, 2.45) is 0 Å². The van der Waals surface area contributed by atoms with E-state index >= 15 is 0 Å². The van der Waals surface area contributed by atoms with Crippen LogP contribution in [0.4, 0.5) is 0 Å². The molecule has 8 nitrogen and oxygen atoms in total. The number of hydrogen-bond donors (Lipinski definition) is 2. The average molecular weight is 541 g/mol. The van der Waals surface area contributed by atoms with E-state index in [4.69, 9.17) is 0 Å². The number of carbonyl (C=O) groups is 6. The minimum atomic E-state index is -0.340. The SMILES string of the molecule is CC(=O)CNC(=O)c1ccc(C)cc1.CC(=O)c1ccc(C)cc1.CCC(=O)NC(C)C(C)=O.CCC(C)=O. The number of nitrogens with one attached hydrogen (secondary N) is 2. The van der Waals surface area contributed by atoms with Crippen LogP contribution in [0.15, 0.2) is 48.5 Å². The monoisotopic (exact) mass is 540 g/mol. The normalized spacial score (nSPS) is 9.97. The Kier molecular flexibility index (Phi) is 20.1. The summed E-state index contributed by atoms with van der Waals surface area (Å²) in [5.74, 6) is 0.0279. The van der Waals surface area contributed by atoms with Gasteiger partial charge in [-0.1, -0.05) is 61.4 Å². The molecule has 0 radical (unpaired) electrons. The minimum absolute atomic E-state index is 0.0122. The smallest absolute Gasteiger partial charge is 0.251 e. The maximum Gasteiger partial charge on any atom is 0.251 e. The van der Waals surface area contributed by atoms with Crippen molar-refractivity contribution in [3.05, 3.63) is 70.8 Å². The highest BCUT2D eigenvalue weighted by Gasteiger charge is 2.08. The molecule has 1 unspecified atom stereocenters. The van der Waals surface area contributed by atoms with E-state index in [1.165, 1.54) is 19.4 Å². The third-order valence-corrected chi connectivity index (χ3v) is 5.08. The molecule has 2 aromatic rings. The Labute approximate surface area is 233 Å². The van der Waals surface area contributed by atoms with Crippen LogP contribution in [0, 0.1) is 13.8 Å². The van der Waals surface area contributed by atoms with Gasteiger partial charge in [-0.25, -0.2) is 0 Å². The fourth-order valence-electron chi connectivity index (χ4n) is 2.25. The summed E-state index contributed by atoms with van der Waals surface area (Å²) in [4.78, 5) is 63.8. The lowest BCUT2D eigenvalue weighted by Crippen LogP contribution is -2.36. The third kappa shape index (κ3) is 20.8. The van der Waals surface area contributed by atoms with Crippen LogP contribution in [-0.2, 0) is 19.2 Å². The zero-order chi connectivity index (χ0) is 30.5. The molecule has 0 aliphatic rings. The van der Waals surface area contributed by atoms with Gasteiger partial charge in [0.25, 0.3) is 5.91 Å². The van der Waals surface area contributed by atoms with E-state index in [0.29, 0.717) is 18.4 Å². The second-order valence-corrected chi connectivity index (χ2v) is 8.98. The molecule has 2 N–H and O–H groups in total. The van der Waals surface area contributed by atoms with Crippen LogP contribution in [0.2, 0.25) is 0 Å². The topological polar surface area (TPSA) is 126 Å². The van der Waals surface area contributed by atoms with Crippen molar-refractivity contribution in [3.63, 3.8) is 0 Å². The number of Topliss-reactive ketones (excluding diaryl/α,β-unsaturated/α-hetero) is 4. The molecule has 0 spiro atoms. The number of aryl methyl sites for hydroxylation is 2. The second-order valence-electron chi connectivity index (χ2n) is 8.98. The van der Waals surface area contributed by atoms with E-state index in [0.717, 1.165) is 11.1 Å². The van der Waals surface area contributed by atoms with Gasteiger partial charge < -0.3 is 15.4 Å². The van der Waals surface area contributed by atoms with Crippen LogP contribution < -0.4 is 10.6 Å². The summed E-state index contributed by atoms with van der Waals surface area (Å²) < 4.78 is 0. The zero-order valence-electron chi connectivity index (χ0n) is 24.8. The second kappa shape index (κ2) is 21.0. The molecule has 8 heteroatoms. The quantitative estimate of drug-likeness (QED) is 0.455. The van der Waals surface area contributed by atoms with E-state index in [1.807, 2.05) is 57.2 Å². The molecular formula is C31H44N2O6. The number of benzene rings is 2. The number of rotatable bonds is 8. The van der Waals surface area contributed by atoms with Crippen LogP contribution in [0.3, 0.4) is 0 Å². The van der Waals surface area contributed by atoms with Gasteiger partial charge in [-0.2, -0.15) is 0 Å². The lowest BCUT2D eigenvalue weighted by molar-refractivity contribution is -0.126. The lowest BCUT2D eigenvalue weighted by Gasteiger charge is -2.08. The first-order chi connectivity index (χ1) is 18.1. The molecule has 0 saturated carbocycles. The molecule has 0 heterocycles. The first-order valence-corrected chi connectivity index (χ1v) is 12.9. The van der Waals surface area contributed by atoms with Gasteiger partial charge in [0.2, 0.25) is 5.91 Å². The van der Waals surface area contributed by atoms with Gasteiger partial charge >= 0.3 is 0 Å². The molecule has 0 saturated heterocycles. The van der Waals surface area contributed by atoms with Crippen LogP contribution in [0.25, 0.3) is 0 Å². The standard InChI is InChI=1S/C11H13NO2.C9H10O.C7H13NO2.C4H8O/c1-8-3-5-10(6-4-8)11(14)12-7-9(2)13;1-7-3-5-9(6-4-7)8(2)10;1-4-7(10)8-5(2)6(3)9;1-3-4(2)5/h3-6H,7H2,1-2H3,(H,12,14);3-6H,1-2H3;5H,4H2,1-3H3,(H,8,10);3H2,1-2H3. The molecule has 0 bridgehead atoms. The predicted molar refractivity (Wildman–Crippen MR) is 155 cm³/mol. The van der Waals surface area contributed by atoms with Crippen LogP contribution in [0.5, 0.6) is 0 Å². The molecule has 39 heavy (non-hydrogen) atoms. The van der Waals surface area contributed by atoms with E-state index in [1.54, 1.807) is 39.8 Å². The summed E-state index contributed by atoms with van der Waals surface area (Å²) in [6.07, 6.45) is 1.09. The Morgan fingerprint density at radius 1 is 0.667 bits per heavy atom. The molecule has 1 atom stereocenters. The third-order valence-electron chi connectivity index (χ3n) is 5.08. The van der Waals surface area contributed by atoms with E-state index in [9.17, 15) is 28.8 Å². The van der Waals surface area contributed by atoms with Crippen molar-refractivity contribution in [2.45, 2.75) is 81.2 Å². The first-order valence-electron chi connectivity index (χ1n) is 12.9. The summed E-state index contributed by atoms with van der Waals surface area (Å²) in [6.45, 7) is 15.4. The van der Waals surface area contributed by atoms with Gasteiger partial charge in [0, 0.05) is 24.0 Å². The van der Waals surface area contributed by atoms with E-state index < -0.39 is 0 Å². The fraction of sp³-hybridized carbons (Fsp3) is 0.419. The Bertz CT molecular complexity index is 1070. The van der Waals surface area contributed by atoms with Gasteiger partial charge in [-0.15, -0.1) is 0 Å². The summed E-state index contributed by atoms with van der Waals surface area (Å²) in [6, 6.07) is 14.4. The largest absolute Gasteiger partial charge is 0.347 e. The number of amides is 2. The maximum atomic E-state index is 11.4. The lowest BCUT2D eigenvalue weighted by atomic mass is 10.1. The van der Waals surface area contributed by atoms with Crippen molar-refractivity contribution < 1.29 is 28.8 Å². The summed E-state index contributed by atoms with van der Waals surface area (Å²) in [5, 5.41) is 5.07. The highest BCUT2D eigenvalue weighted by Crippen LogP contribution is 2.03. The van der Waals surface area contributed by atoms with Crippen molar-refractivity contribution in [3.8, 4) is 0 Å². The fourth-order valence-corrected chi connectivity index (χ4v) is 2.25. The molecule has 0 fully saturated rings. The minimum Gasteiger partial charge on any atom is -0.347 e. The Morgan fingerprint density at radius 3 is 1.38 bits per heavy atom. The molecule has 214 valence electrons. The van der Waals surface area contributed by atoms with Crippen molar-refractivity contribution in [2.75, 3.05) is 6.54 Å². The number of ketones is 4. The summed E-state index contributed by atoms with van der Waals surface area (Å²) in [5.41, 5.74) is 3.65. The Hall–Kier alpha value is -3.94. The first kappa shape index (κ1) is 37.2. The van der Waals surface area contributed by atoms with Gasteiger partial charge in [-0.3, -0.25) is 24.0 Å². The molecule has 2 aromatic carbocycles. The van der Waals surface area contributed by atoms with Crippen molar-refractivity contribution in [1.82, 2.24) is 10.6 Å². The van der Waals surface area contributed by atoms with Gasteiger partial charge in [0.15, 0.2) is 11.6 Å². The summed E-state index contributed by atoms with van der Waals surface area (Å²) in [7, 11) is 0. The average Bonchev–Trinajstić information content (AvgIpc) is 2.88. The number of carbonyl (C=O) groups excluding carboxylic acids is 6. The molecule has 2 amide bonds. The Balaban J connectivity index is 0. The maximum absolute atomic E-state index is 11.4. The zero-order valence-corrected chi connectivity index (χ0v) is 24.8. The van der Waals surface area contributed by atoms with Crippen molar-refractivity contribution >= 4 is 34.9 Å². The van der Waals surface area contributed by atoms with E-state index in [-0.39, 0.29) is 47.5 Å². The molecule has 0 aliphatic heterocycles. The van der Waals surface area contributed by atoms with Gasteiger partial charge in [-0.05, 0) is 60.6 Å².